The van der Waals surface area contributed by atoms with Crippen LogP contribution in [0.25, 0.3) is 0 Å². The van der Waals surface area contributed by atoms with Gasteiger partial charge in [0.15, 0.2) is 0 Å². The Morgan fingerprint density at radius 3 is 2.61 bits per heavy atom. The Hall–Kier alpha value is -1.21. The van der Waals surface area contributed by atoms with Gasteiger partial charge in [0.1, 0.15) is 5.60 Å². The predicted octanol–water partition coefficient (Wildman–Crippen LogP) is 1.28. The van der Waals surface area contributed by atoms with Gasteiger partial charge in [0.05, 0.1) is 5.69 Å². The summed E-state index contributed by atoms with van der Waals surface area (Å²) in [5.41, 5.74) is 5.60. The molecule has 0 saturated carbocycles. The number of carbonyl (C=O) groups excluding carboxylic acids is 1. The third kappa shape index (κ3) is 4.23. The predicted molar refractivity (Wildman–Crippen MR) is 70.6 cm³/mol. The van der Waals surface area contributed by atoms with Gasteiger partial charge < -0.3 is 15.8 Å². The maximum Gasteiger partial charge on any atom is 0.407 e. The van der Waals surface area contributed by atoms with E-state index in [0.717, 1.165) is 5.69 Å². The molecule has 1 unspecified atom stereocenters. The number of ether oxygens (including phenoxy) is 1. The van der Waals surface area contributed by atoms with Crippen LogP contribution in [0.1, 0.15) is 33.4 Å². The molecule has 7 heteroatoms. The Bertz CT molecular complexity index is 388. The van der Waals surface area contributed by atoms with Crippen LogP contribution < -0.4 is 11.1 Å². The third-order valence-electron chi connectivity index (χ3n) is 2.45. The number of nitrogens with one attached hydrogen (secondary N) is 1. The van der Waals surface area contributed by atoms with Crippen LogP contribution in [-0.2, 0) is 10.2 Å². The second-order valence-electron chi connectivity index (χ2n) is 5.41. The van der Waals surface area contributed by atoms with Gasteiger partial charge >= 0.3 is 6.09 Å². The van der Waals surface area contributed by atoms with Crippen molar-refractivity contribution in [3.8, 4) is 0 Å². The van der Waals surface area contributed by atoms with E-state index in [9.17, 15) is 4.79 Å². The number of carbonyl (C=O) groups is 1. The minimum absolute atomic E-state index is 0.365. The van der Waals surface area contributed by atoms with Crippen LogP contribution in [0.3, 0.4) is 0 Å². The molecule has 1 amide bonds. The molecule has 0 saturated heterocycles. The molecule has 1 rings (SSSR count). The highest BCUT2D eigenvalue weighted by molar-refractivity contribution is 7.03. The molecule has 102 valence electrons. The van der Waals surface area contributed by atoms with Crippen molar-refractivity contribution in [2.45, 2.75) is 38.7 Å². The summed E-state index contributed by atoms with van der Waals surface area (Å²) < 4.78 is 8.99. The lowest BCUT2D eigenvalue weighted by molar-refractivity contribution is 0.0516. The van der Waals surface area contributed by atoms with Gasteiger partial charge in [0.25, 0.3) is 0 Å². The van der Waals surface area contributed by atoms with Crippen LogP contribution in [0.15, 0.2) is 5.38 Å². The van der Waals surface area contributed by atoms with E-state index in [0.29, 0.717) is 13.1 Å². The number of amides is 1. The van der Waals surface area contributed by atoms with Crippen LogP contribution in [0.5, 0.6) is 0 Å². The van der Waals surface area contributed by atoms with E-state index in [4.69, 9.17) is 10.5 Å². The zero-order valence-corrected chi connectivity index (χ0v) is 12.0. The highest BCUT2D eigenvalue weighted by Gasteiger charge is 2.29. The monoisotopic (exact) mass is 272 g/mol. The van der Waals surface area contributed by atoms with E-state index >= 15 is 0 Å². The molecule has 0 aliphatic rings. The molecule has 18 heavy (non-hydrogen) atoms. The highest BCUT2D eigenvalue weighted by atomic mass is 32.1. The second kappa shape index (κ2) is 5.62. The summed E-state index contributed by atoms with van der Waals surface area (Å²) in [6.45, 7) is 8.12. The van der Waals surface area contributed by atoms with Gasteiger partial charge in [-0.15, -0.1) is 5.10 Å². The van der Waals surface area contributed by atoms with Crippen LogP contribution in [-0.4, -0.2) is 34.4 Å². The summed E-state index contributed by atoms with van der Waals surface area (Å²) in [5, 5.41) is 8.56. The Balaban J connectivity index is 2.58. The van der Waals surface area contributed by atoms with Crippen LogP contribution in [0.2, 0.25) is 0 Å². The van der Waals surface area contributed by atoms with E-state index in [1.165, 1.54) is 11.5 Å². The molecule has 0 radical (unpaired) electrons. The number of nitrogens with zero attached hydrogens (tertiary/aromatic N) is 2. The molecule has 1 heterocycles. The molecule has 0 aliphatic heterocycles. The molecule has 0 spiro atoms. The van der Waals surface area contributed by atoms with E-state index in [1.54, 1.807) is 0 Å². The fraction of sp³-hybridized carbons (Fsp3) is 0.727. The van der Waals surface area contributed by atoms with Gasteiger partial charge in [-0.05, 0) is 32.3 Å². The molecular formula is C11H20N4O2S. The largest absolute Gasteiger partial charge is 0.444 e. The van der Waals surface area contributed by atoms with Crippen molar-refractivity contribution in [2.75, 3.05) is 13.1 Å². The lowest BCUT2D eigenvalue weighted by atomic mass is 9.87. The first kappa shape index (κ1) is 14.8. The minimum Gasteiger partial charge on any atom is -0.444 e. The van der Waals surface area contributed by atoms with Crippen LogP contribution in [0, 0.1) is 0 Å². The van der Waals surface area contributed by atoms with Crippen molar-refractivity contribution in [1.29, 1.82) is 0 Å². The Kier molecular flexibility index (Phi) is 4.64. The van der Waals surface area contributed by atoms with Crippen molar-refractivity contribution in [1.82, 2.24) is 14.9 Å². The van der Waals surface area contributed by atoms with Gasteiger partial charge in [0, 0.05) is 23.9 Å². The zero-order valence-electron chi connectivity index (χ0n) is 11.2. The molecule has 0 fully saturated rings. The van der Waals surface area contributed by atoms with Crippen molar-refractivity contribution in [3.63, 3.8) is 0 Å². The molecule has 1 atom stereocenters. The number of nitrogens with two attached hydrogens (primary N) is 1. The quantitative estimate of drug-likeness (QED) is 0.861. The standard InChI is InChI=1S/C11H20N4O2S/c1-10(2,3)17-9(16)13-7-11(4,6-12)8-5-18-15-14-8/h5H,6-7,12H2,1-4H3,(H,13,16). The first-order chi connectivity index (χ1) is 8.27. The lowest BCUT2D eigenvalue weighted by Crippen LogP contribution is -2.45. The number of hydrogen-bond donors (Lipinski definition) is 2. The Morgan fingerprint density at radius 1 is 1.50 bits per heavy atom. The van der Waals surface area contributed by atoms with Crippen LogP contribution >= 0.6 is 11.5 Å². The van der Waals surface area contributed by atoms with Crippen LogP contribution in [0.4, 0.5) is 4.79 Å². The highest BCUT2D eigenvalue weighted by Crippen LogP contribution is 2.20. The fourth-order valence-electron chi connectivity index (χ4n) is 1.28. The van der Waals surface area contributed by atoms with Crippen molar-refractivity contribution < 1.29 is 9.53 Å². The topological polar surface area (TPSA) is 90.1 Å². The van der Waals surface area contributed by atoms with Gasteiger partial charge in [-0.1, -0.05) is 11.4 Å². The smallest absolute Gasteiger partial charge is 0.407 e. The average molecular weight is 272 g/mol. The first-order valence-corrected chi connectivity index (χ1v) is 6.55. The summed E-state index contributed by atoms with van der Waals surface area (Å²) in [4.78, 5) is 11.6. The van der Waals surface area contributed by atoms with E-state index < -0.39 is 17.1 Å². The summed E-state index contributed by atoms with van der Waals surface area (Å²) in [5.74, 6) is 0. The van der Waals surface area contributed by atoms with Gasteiger partial charge in [0.2, 0.25) is 0 Å². The van der Waals surface area contributed by atoms with E-state index in [-0.39, 0.29) is 0 Å². The molecule has 0 aromatic carbocycles. The molecule has 3 N–H and O–H groups in total. The number of aromatic nitrogens is 2. The Labute approximate surface area is 111 Å². The van der Waals surface area contributed by atoms with Gasteiger partial charge in [-0.2, -0.15) is 0 Å². The molecule has 1 aromatic heterocycles. The summed E-state index contributed by atoms with van der Waals surface area (Å²) >= 11 is 1.27. The number of rotatable bonds is 4. The maximum absolute atomic E-state index is 11.6. The summed E-state index contributed by atoms with van der Waals surface area (Å²) in [7, 11) is 0. The van der Waals surface area contributed by atoms with Gasteiger partial charge in [-0.25, -0.2) is 4.79 Å². The maximum atomic E-state index is 11.6. The van der Waals surface area contributed by atoms with Crippen molar-refractivity contribution in [2.24, 2.45) is 5.73 Å². The fourth-order valence-corrected chi connectivity index (χ4v) is 1.89. The molecule has 0 bridgehead atoms. The third-order valence-corrected chi connectivity index (χ3v) is 2.96. The SMILES string of the molecule is CC(C)(C)OC(=O)NCC(C)(CN)c1csnn1. The molecular weight excluding hydrogens is 252 g/mol. The second-order valence-corrected chi connectivity index (χ2v) is 6.02. The minimum atomic E-state index is -0.509. The van der Waals surface area contributed by atoms with Crippen molar-refractivity contribution in [3.05, 3.63) is 11.1 Å². The lowest BCUT2D eigenvalue weighted by Gasteiger charge is -2.27. The van der Waals surface area contributed by atoms with Gasteiger partial charge in [-0.3, -0.25) is 0 Å². The normalized spacial score (nSPS) is 14.9. The van der Waals surface area contributed by atoms with E-state index in [2.05, 4.69) is 14.9 Å². The average Bonchev–Trinajstić information content (AvgIpc) is 2.77. The molecule has 6 nitrogen and oxygen atoms in total. The summed E-state index contributed by atoms with van der Waals surface area (Å²) in [6.07, 6.45) is -0.453. The Morgan fingerprint density at radius 2 is 2.17 bits per heavy atom. The van der Waals surface area contributed by atoms with Crippen molar-refractivity contribution >= 4 is 17.6 Å². The zero-order chi connectivity index (χ0) is 13.8. The molecule has 1 aromatic rings. The number of hydrogen-bond acceptors (Lipinski definition) is 6. The summed E-state index contributed by atoms with van der Waals surface area (Å²) in [6, 6.07) is 0. The number of alkyl carbamates (subject to hydrolysis) is 1. The first-order valence-electron chi connectivity index (χ1n) is 5.71. The molecule has 0 aliphatic carbocycles. The van der Waals surface area contributed by atoms with E-state index in [1.807, 2.05) is 33.1 Å².